The third-order valence-electron chi connectivity index (χ3n) is 3.45. The van der Waals surface area contributed by atoms with Crippen LogP contribution in [0.2, 0.25) is 0 Å². The zero-order valence-corrected chi connectivity index (χ0v) is 7.42. The second-order valence-corrected chi connectivity index (χ2v) is 3.99. The number of hydrogen-bond acceptors (Lipinski definition) is 1. The van der Waals surface area contributed by atoms with E-state index in [1.165, 1.54) is 0 Å². The van der Waals surface area contributed by atoms with Gasteiger partial charge in [-0.15, -0.1) is 6.58 Å². The van der Waals surface area contributed by atoms with Crippen LogP contribution in [0.25, 0.3) is 0 Å². The second kappa shape index (κ2) is 2.32. The Hall–Kier alpha value is -0.850. The maximum atomic E-state index is 11.5. The maximum Gasteiger partial charge on any atom is 0.140 e. The van der Waals surface area contributed by atoms with Gasteiger partial charge in [0.15, 0.2) is 0 Å². The van der Waals surface area contributed by atoms with Crippen molar-refractivity contribution in [2.24, 2.45) is 17.3 Å². The molecule has 12 heavy (non-hydrogen) atoms. The number of rotatable bonds is 2. The normalized spacial score (nSPS) is 43.4. The zero-order chi connectivity index (χ0) is 8.77. The van der Waals surface area contributed by atoms with E-state index in [0.29, 0.717) is 11.8 Å². The van der Waals surface area contributed by atoms with Crippen LogP contribution in [0, 0.1) is 17.3 Å². The molecule has 1 saturated carbocycles. The van der Waals surface area contributed by atoms with E-state index in [1.807, 2.05) is 6.08 Å². The van der Waals surface area contributed by atoms with Gasteiger partial charge in [-0.1, -0.05) is 18.2 Å². The molecule has 1 fully saturated rings. The summed E-state index contributed by atoms with van der Waals surface area (Å²) in [4.78, 5) is 11.5. The molecule has 2 bridgehead atoms. The Kier molecular flexibility index (Phi) is 1.50. The number of carbonyl (C=O) groups is 1. The summed E-state index contributed by atoms with van der Waals surface area (Å²) >= 11 is 0. The minimum Gasteiger partial charge on any atom is -0.299 e. The average molecular weight is 162 g/mol. The van der Waals surface area contributed by atoms with Crippen molar-refractivity contribution in [1.29, 1.82) is 0 Å². The van der Waals surface area contributed by atoms with E-state index in [1.54, 1.807) is 6.92 Å². The largest absolute Gasteiger partial charge is 0.299 e. The van der Waals surface area contributed by atoms with Crippen molar-refractivity contribution < 1.29 is 4.79 Å². The van der Waals surface area contributed by atoms with Gasteiger partial charge >= 0.3 is 0 Å². The first-order valence-corrected chi connectivity index (χ1v) is 4.52. The molecule has 64 valence electrons. The minimum atomic E-state index is -0.209. The van der Waals surface area contributed by atoms with Crippen LogP contribution in [-0.4, -0.2) is 5.78 Å². The first kappa shape index (κ1) is 7.78. The summed E-state index contributed by atoms with van der Waals surface area (Å²) in [7, 11) is 0. The molecule has 0 aromatic rings. The number of fused-ring (bicyclic) bond motifs is 2. The summed E-state index contributed by atoms with van der Waals surface area (Å²) in [5, 5.41) is 0. The van der Waals surface area contributed by atoms with Crippen molar-refractivity contribution in [2.45, 2.75) is 19.8 Å². The average Bonchev–Trinajstić information content (AvgIpc) is 2.62. The molecule has 0 unspecified atom stereocenters. The lowest BCUT2D eigenvalue weighted by molar-refractivity contribution is -0.125. The fourth-order valence-electron chi connectivity index (χ4n) is 2.68. The van der Waals surface area contributed by atoms with Gasteiger partial charge in [-0.3, -0.25) is 4.79 Å². The molecule has 0 N–H and O–H groups in total. The van der Waals surface area contributed by atoms with Crippen LogP contribution >= 0.6 is 0 Å². The Morgan fingerprint density at radius 1 is 1.67 bits per heavy atom. The first-order chi connectivity index (χ1) is 5.69. The highest BCUT2D eigenvalue weighted by atomic mass is 16.1. The fraction of sp³-hybridized carbons (Fsp3) is 0.545. The highest BCUT2D eigenvalue weighted by Gasteiger charge is 2.49. The Morgan fingerprint density at radius 2 is 2.42 bits per heavy atom. The monoisotopic (exact) mass is 162 g/mol. The summed E-state index contributed by atoms with van der Waals surface area (Å²) in [5.41, 5.74) is -0.209. The van der Waals surface area contributed by atoms with E-state index in [-0.39, 0.29) is 11.2 Å². The molecule has 0 heterocycles. The standard InChI is InChI=1S/C11H14O/c1-3-11(8(2)12)7-9-4-5-10(11)6-9/h3-5,9-10H,1,6-7H2,2H3/t9-,10+,11+/m0/s1. The van der Waals surface area contributed by atoms with Gasteiger partial charge in [0.2, 0.25) is 0 Å². The Balaban J connectivity index is 2.38. The molecule has 2 rings (SSSR count). The molecule has 1 heteroatoms. The summed E-state index contributed by atoms with van der Waals surface area (Å²) in [6, 6.07) is 0. The van der Waals surface area contributed by atoms with Crippen LogP contribution < -0.4 is 0 Å². The van der Waals surface area contributed by atoms with E-state index in [4.69, 9.17) is 0 Å². The van der Waals surface area contributed by atoms with Gasteiger partial charge < -0.3 is 0 Å². The van der Waals surface area contributed by atoms with Crippen LogP contribution in [0.4, 0.5) is 0 Å². The first-order valence-electron chi connectivity index (χ1n) is 4.52. The van der Waals surface area contributed by atoms with Crippen LogP contribution in [-0.2, 0) is 4.79 Å². The number of allylic oxidation sites excluding steroid dienone is 3. The smallest absolute Gasteiger partial charge is 0.140 e. The molecule has 3 atom stereocenters. The predicted octanol–water partition coefficient (Wildman–Crippen LogP) is 2.34. The van der Waals surface area contributed by atoms with Gasteiger partial charge in [0.25, 0.3) is 0 Å². The van der Waals surface area contributed by atoms with Crippen LogP contribution in [0.15, 0.2) is 24.8 Å². The summed E-state index contributed by atoms with van der Waals surface area (Å²) in [6.45, 7) is 5.49. The summed E-state index contributed by atoms with van der Waals surface area (Å²) in [6.07, 6.45) is 8.45. The molecule has 1 nitrogen and oxygen atoms in total. The molecule has 0 radical (unpaired) electrons. The molecule has 0 aliphatic heterocycles. The predicted molar refractivity (Wildman–Crippen MR) is 48.7 cm³/mol. The van der Waals surface area contributed by atoms with Gasteiger partial charge in [0, 0.05) is 0 Å². The molecule has 0 aromatic carbocycles. The third kappa shape index (κ3) is 0.767. The van der Waals surface area contributed by atoms with Gasteiger partial charge in [0.05, 0.1) is 5.41 Å². The number of carbonyl (C=O) groups excluding carboxylic acids is 1. The second-order valence-electron chi connectivity index (χ2n) is 3.99. The van der Waals surface area contributed by atoms with Gasteiger partial charge in [-0.25, -0.2) is 0 Å². The fourth-order valence-corrected chi connectivity index (χ4v) is 2.68. The van der Waals surface area contributed by atoms with Crippen molar-refractivity contribution in [3.63, 3.8) is 0 Å². The molecule has 2 aliphatic rings. The highest BCUT2D eigenvalue weighted by molar-refractivity contribution is 5.85. The lowest BCUT2D eigenvalue weighted by Crippen LogP contribution is -2.30. The van der Waals surface area contributed by atoms with Crippen molar-refractivity contribution in [3.8, 4) is 0 Å². The lowest BCUT2D eigenvalue weighted by Gasteiger charge is -2.29. The van der Waals surface area contributed by atoms with Crippen molar-refractivity contribution >= 4 is 5.78 Å². The van der Waals surface area contributed by atoms with Crippen LogP contribution in [0.3, 0.4) is 0 Å². The number of Topliss-reactive ketones (excluding diaryl/α,β-unsaturated/α-hetero) is 1. The van der Waals surface area contributed by atoms with E-state index in [0.717, 1.165) is 12.8 Å². The number of hydrogen-bond donors (Lipinski definition) is 0. The molecular formula is C11H14O. The molecule has 0 saturated heterocycles. The third-order valence-corrected chi connectivity index (χ3v) is 3.45. The summed E-state index contributed by atoms with van der Waals surface area (Å²) < 4.78 is 0. The van der Waals surface area contributed by atoms with Crippen molar-refractivity contribution in [3.05, 3.63) is 24.8 Å². The van der Waals surface area contributed by atoms with E-state index < -0.39 is 0 Å². The Bertz CT molecular complexity index is 264. The summed E-state index contributed by atoms with van der Waals surface area (Å²) in [5.74, 6) is 1.36. The highest BCUT2D eigenvalue weighted by Crippen LogP contribution is 2.53. The minimum absolute atomic E-state index is 0.209. The molecule has 0 aromatic heterocycles. The van der Waals surface area contributed by atoms with Crippen LogP contribution in [0.1, 0.15) is 19.8 Å². The van der Waals surface area contributed by atoms with Gasteiger partial charge in [0.1, 0.15) is 5.78 Å². The Morgan fingerprint density at radius 3 is 2.67 bits per heavy atom. The van der Waals surface area contributed by atoms with Gasteiger partial charge in [-0.2, -0.15) is 0 Å². The number of ketones is 1. The van der Waals surface area contributed by atoms with Crippen LogP contribution in [0.5, 0.6) is 0 Å². The quantitative estimate of drug-likeness (QED) is 0.569. The SMILES string of the molecule is C=C[C@]1(C(C)=O)C[C@H]2C=C[C@@H]1C2. The topological polar surface area (TPSA) is 17.1 Å². The molecule has 2 aliphatic carbocycles. The van der Waals surface area contributed by atoms with Crippen molar-refractivity contribution in [2.75, 3.05) is 0 Å². The van der Waals surface area contributed by atoms with E-state index in [9.17, 15) is 4.79 Å². The molecule has 0 spiro atoms. The van der Waals surface area contributed by atoms with E-state index >= 15 is 0 Å². The molecule has 0 amide bonds. The van der Waals surface area contributed by atoms with Gasteiger partial charge in [-0.05, 0) is 31.6 Å². The molecular weight excluding hydrogens is 148 g/mol. The lowest BCUT2D eigenvalue weighted by atomic mass is 9.73. The Labute approximate surface area is 73.2 Å². The maximum absolute atomic E-state index is 11.5. The zero-order valence-electron chi connectivity index (χ0n) is 7.42. The van der Waals surface area contributed by atoms with Crippen molar-refractivity contribution in [1.82, 2.24) is 0 Å². The van der Waals surface area contributed by atoms with E-state index in [2.05, 4.69) is 18.7 Å².